The van der Waals surface area contributed by atoms with Gasteiger partial charge in [0.1, 0.15) is 11.4 Å². The fraction of sp³-hybridized carbons (Fsp3) is 0.524. The van der Waals surface area contributed by atoms with E-state index in [1.165, 1.54) is 0 Å². The number of hydrogen-bond donors (Lipinski definition) is 1. The molecule has 0 saturated carbocycles. The second-order valence-corrected chi connectivity index (χ2v) is 7.54. The summed E-state index contributed by atoms with van der Waals surface area (Å²) in [5.74, 6) is 1.47. The van der Waals surface area contributed by atoms with Gasteiger partial charge in [0.05, 0.1) is 12.6 Å². The minimum Gasteiger partial charge on any atom is -0.493 e. The van der Waals surface area contributed by atoms with Crippen LogP contribution in [0.15, 0.2) is 42.6 Å². The predicted molar refractivity (Wildman–Crippen MR) is 111 cm³/mol. The molecule has 1 aromatic carbocycles. The lowest BCUT2D eigenvalue weighted by Crippen LogP contribution is -2.40. The molecule has 28 heavy (non-hydrogen) atoms. The van der Waals surface area contributed by atoms with E-state index in [1.807, 2.05) is 52.2 Å². The van der Waals surface area contributed by atoms with Crippen LogP contribution in [0.25, 0.3) is 0 Å². The van der Waals surface area contributed by atoms with Crippen molar-refractivity contribution in [2.24, 2.45) is 5.92 Å². The van der Waals surface area contributed by atoms with Crippen molar-refractivity contribution in [2.45, 2.75) is 31.7 Å². The zero-order valence-electron chi connectivity index (χ0n) is 16.1. The smallest absolute Gasteiger partial charge is 0.274 e. The van der Waals surface area contributed by atoms with Crippen LogP contribution >= 0.6 is 12.4 Å². The van der Waals surface area contributed by atoms with Crippen molar-refractivity contribution in [3.8, 4) is 5.75 Å². The Bertz CT molecular complexity index is 738. The van der Waals surface area contributed by atoms with Crippen LogP contribution in [0.1, 0.15) is 42.2 Å². The summed E-state index contributed by atoms with van der Waals surface area (Å²) in [6.07, 6.45) is 6.19. The van der Waals surface area contributed by atoms with E-state index in [2.05, 4.69) is 10.4 Å². The summed E-state index contributed by atoms with van der Waals surface area (Å²) >= 11 is 0. The van der Waals surface area contributed by atoms with Crippen LogP contribution in [0, 0.1) is 5.92 Å². The van der Waals surface area contributed by atoms with E-state index in [1.54, 1.807) is 0 Å². The molecule has 2 saturated heterocycles. The number of amides is 1. The Hall–Kier alpha value is -2.05. The number of likely N-dealkylation sites (tertiary alicyclic amines) is 1. The minimum absolute atomic E-state index is 0. The first-order valence-electron chi connectivity index (χ1n) is 10.0. The van der Waals surface area contributed by atoms with E-state index >= 15 is 0 Å². The molecule has 2 fully saturated rings. The number of benzene rings is 1. The maximum Gasteiger partial charge on any atom is 0.274 e. The molecule has 6 nitrogen and oxygen atoms in total. The normalized spacial score (nSPS) is 20.4. The van der Waals surface area contributed by atoms with Crippen molar-refractivity contribution in [1.29, 1.82) is 0 Å². The van der Waals surface area contributed by atoms with Gasteiger partial charge >= 0.3 is 0 Å². The monoisotopic (exact) mass is 404 g/mol. The van der Waals surface area contributed by atoms with Crippen LogP contribution in [0.5, 0.6) is 5.75 Å². The molecule has 4 rings (SSSR count). The first-order valence-corrected chi connectivity index (χ1v) is 10.0. The largest absolute Gasteiger partial charge is 0.493 e. The zero-order valence-corrected chi connectivity index (χ0v) is 16.9. The standard InChI is InChI=1S/C21H28N4O2.ClH/c26-21(20-10-14-25(23-20)18-5-4-11-22-15-18)24-12-8-17(9-13-24)16-27-19-6-2-1-3-7-19;/h1-3,6-7,10,14,17-18,22H,4-5,8-9,11-13,15-16H2;1H. The molecular weight excluding hydrogens is 376 g/mol. The summed E-state index contributed by atoms with van der Waals surface area (Å²) in [6, 6.07) is 12.2. The first kappa shape index (κ1) is 20.7. The summed E-state index contributed by atoms with van der Waals surface area (Å²) in [6.45, 7) is 4.28. The Morgan fingerprint density at radius 1 is 1.14 bits per heavy atom. The lowest BCUT2D eigenvalue weighted by atomic mass is 9.97. The van der Waals surface area contributed by atoms with Crippen molar-refractivity contribution in [3.63, 3.8) is 0 Å². The van der Waals surface area contributed by atoms with Crippen molar-refractivity contribution >= 4 is 18.3 Å². The average Bonchev–Trinajstić information content (AvgIpc) is 3.24. The van der Waals surface area contributed by atoms with Gasteiger partial charge in [-0.15, -0.1) is 12.4 Å². The molecule has 7 heteroatoms. The molecule has 1 aromatic heterocycles. The van der Waals surface area contributed by atoms with E-state index < -0.39 is 0 Å². The third-order valence-corrected chi connectivity index (χ3v) is 5.60. The summed E-state index contributed by atoms with van der Waals surface area (Å²) < 4.78 is 7.83. The lowest BCUT2D eigenvalue weighted by molar-refractivity contribution is 0.0654. The van der Waals surface area contributed by atoms with Crippen LogP contribution < -0.4 is 10.1 Å². The quantitative estimate of drug-likeness (QED) is 0.831. The van der Waals surface area contributed by atoms with E-state index in [9.17, 15) is 4.79 Å². The molecule has 0 radical (unpaired) electrons. The van der Waals surface area contributed by atoms with Gasteiger partial charge in [0, 0.05) is 25.8 Å². The van der Waals surface area contributed by atoms with Gasteiger partial charge in [-0.05, 0) is 56.3 Å². The highest BCUT2D eigenvalue weighted by atomic mass is 35.5. The Morgan fingerprint density at radius 2 is 1.93 bits per heavy atom. The van der Waals surface area contributed by atoms with Crippen molar-refractivity contribution < 1.29 is 9.53 Å². The Balaban J connectivity index is 0.00000225. The fourth-order valence-electron chi connectivity index (χ4n) is 3.91. The summed E-state index contributed by atoms with van der Waals surface area (Å²) in [5.41, 5.74) is 0.569. The van der Waals surface area contributed by atoms with Crippen molar-refractivity contribution in [3.05, 3.63) is 48.3 Å². The second kappa shape index (κ2) is 9.94. The van der Waals surface area contributed by atoms with Crippen molar-refractivity contribution in [1.82, 2.24) is 20.0 Å². The Kier molecular flexibility index (Phi) is 7.34. The van der Waals surface area contributed by atoms with Gasteiger partial charge < -0.3 is 15.0 Å². The molecule has 2 aliphatic heterocycles. The number of halogens is 1. The molecule has 1 atom stereocenters. The van der Waals surface area contributed by atoms with Gasteiger partial charge in [-0.3, -0.25) is 9.48 Å². The Morgan fingerprint density at radius 3 is 2.64 bits per heavy atom. The molecule has 3 heterocycles. The van der Waals surface area contributed by atoms with Crippen LogP contribution in [-0.4, -0.2) is 53.4 Å². The fourth-order valence-corrected chi connectivity index (χ4v) is 3.91. The Labute approximate surface area is 172 Å². The van der Waals surface area contributed by atoms with Gasteiger partial charge in [0.2, 0.25) is 0 Å². The summed E-state index contributed by atoms with van der Waals surface area (Å²) in [7, 11) is 0. The number of aromatic nitrogens is 2. The van der Waals surface area contributed by atoms with Gasteiger partial charge in [-0.2, -0.15) is 5.10 Å². The van der Waals surface area contributed by atoms with Gasteiger partial charge in [-0.1, -0.05) is 18.2 Å². The number of rotatable bonds is 5. The molecule has 1 amide bonds. The third kappa shape index (κ3) is 5.06. The highest BCUT2D eigenvalue weighted by molar-refractivity contribution is 5.92. The van der Waals surface area contributed by atoms with Gasteiger partial charge in [-0.25, -0.2) is 0 Å². The maximum atomic E-state index is 12.8. The maximum absolute atomic E-state index is 12.8. The predicted octanol–water partition coefficient (Wildman–Crippen LogP) is 3.16. The number of piperidine rings is 2. The minimum atomic E-state index is 0. The average molecular weight is 405 g/mol. The van der Waals surface area contributed by atoms with Gasteiger partial charge in [0.25, 0.3) is 5.91 Å². The zero-order chi connectivity index (χ0) is 18.5. The molecule has 0 bridgehead atoms. The van der Waals surface area contributed by atoms with Crippen LogP contribution in [-0.2, 0) is 0 Å². The van der Waals surface area contributed by atoms with Gasteiger partial charge in [0.15, 0.2) is 0 Å². The first-order chi connectivity index (χ1) is 13.3. The molecule has 2 aliphatic rings. The molecule has 152 valence electrons. The molecule has 0 spiro atoms. The van der Waals surface area contributed by atoms with Crippen LogP contribution in [0.2, 0.25) is 0 Å². The van der Waals surface area contributed by atoms with Crippen LogP contribution in [0.3, 0.4) is 0 Å². The molecule has 1 N–H and O–H groups in total. The molecule has 0 aliphatic carbocycles. The second-order valence-electron chi connectivity index (χ2n) is 7.54. The van der Waals surface area contributed by atoms with Crippen LogP contribution in [0.4, 0.5) is 0 Å². The number of nitrogens with one attached hydrogen (secondary N) is 1. The number of ether oxygens (including phenoxy) is 1. The molecule has 2 aromatic rings. The number of para-hydroxylation sites is 1. The lowest BCUT2D eigenvalue weighted by Gasteiger charge is -2.31. The number of carbonyl (C=O) groups excluding carboxylic acids is 1. The summed E-state index contributed by atoms with van der Waals surface area (Å²) in [4.78, 5) is 14.7. The number of nitrogens with zero attached hydrogens (tertiary/aromatic N) is 3. The number of carbonyl (C=O) groups is 1. The molecular formula is C21H29ClN4O2. The van der Waals surface area contributed by atoms with E-state index in [4.69, 9.17) is 4.74 Å². The highest BCUT2D eigenvalue weighted by Crippen LogP contribution is 2.21. The van der Waals surface area contributed by atoms with E-state index in [0.29, 0.717) is 17.7 Å². The van der Waals surface area contributed by atoms with Crippen molar-refractivity contribution in [2.75, 3.05) is 32.8 Å². The van der Waals surface area contributed by atoms with E-state index in [-0.39, 0.29) is 18.3 Å². The van der Waals surface area contributed by atoms with E-state index in [0.717, 1.165) is 64.2 Å². The SMILES string of the molecule is Cl.O=C(c1ccn(C2CCCNC2)n1)N1CCC(COc2ccccc2)CC1. The summed E-state index contributed by atoms with van der Waals surface area (Å²) in [5, 5.41) is 7.96. The highest BCUT2D eigenvalue weighted by Gasteiger charge is 2.26. The number of hydrogen-bond acceptors (Lipinski definition) is 4. The topological polar surface area (TPSA) is 59.4 Å². The third-order valence-electron chi connectivity index (χ3n) is 5.60. The molecule has 1 unspecified atom stereocenters.